The van der Waals surface area contributed by atoms with Gasteiger partial charge in [0.2, 0.25) is 0 Å². The molecule has 0 atom stereocenters. The van der Waals surface area contributed by atoms with Crippen LogP contribution in [0.3, 0.4) is 0 Å². The summed E-state index contributed by atoms with van der Waals surface area (Å²) in [4.78, 5) is 11.9. The highest BCUT2D eigenvalue weighted by Crippen LogP contribution is 2.27. The van der Waals surface area contributed by atoms with Crippen LogP contribution < -0.4 is 5.56 Å². The van der Waals surface area contributed by atoms with Crippen molar-refractivity contribution >= 4 is 0 Å². The van der Waals surface area contributed by atoms with Crippen LogP contribution in [0.2, 0.25) is 0 Å². The Morgan fingerprint density at radius 2 is 1.73 bits per heavy atom. The van der Waals surface area contributed by atoms with E-state index in [1.165, 1.54) is 0 Å². The van der Waals surface area contributed by atoms with Crippen molar-refractivity contribution in [1.29, 1.82) is 5.26 Å². The SMILES string of the molecule is Cc1c(C)n(-c2ccccc2-c2ccc(C#N)cc2)[nH]c1=O. The Bertz CT molecular complexity index is 924. The quantitative estimate of drug-likeness (QED) is 0.786. The fraction of sp³-hybridized carbons (Fsp3) is 0.111. The van der Waals surface area contributed by atoms with E-state index >= 15 is 0 Å². The summed E-state index contributed by atoms with van der Waals surface area (Å²) in [5.74, 6) is 0. The number of nitrogens with zero attached hydrogens (tertiary/aromatic N) is 2. The van der Waals surface area contributed by atoms with Crippen LogP contribution in [0.1, 0.15) is 16.8 Å². The van der Waals surface area contributed by atoms with Crippen LogP contribution in [0.25, 0.3) is 16.8 Å². The number of rotatable bonds is 2. The molecule has 3 rings (SSSR count). The molecule has 4 nitrogen and oxygen atoms in total. The van der Waals surface area contributed by atoms with Crippen molar-refractivity contribution in [2.24, 2.45) is 0 Å². The van der Waals surface area contributed by atoms with Crippen LogP contribution in [-0.2, 0) is 0 Å². The van der Waals surface area contributed by atoms with E-state index in [-0.39, 0.29) is 5.56 Å². The van der Waals surface area contributed by atoms with Crippen LogP contribution in [0, 0.1) is 25.2 Å². The van der Waals surface area contributed by atoms with Crippen molar-refractivity contribution in [3.05, 3.63) is 75.7 Å². The maximum atomic E-state index is 11.9. The maximum Gasteiger partial charge on any atom is 0.267 e. The van der Waals surface area contributed by atoms with Gasteiger partial charge in [0.05, 0.1) is 17.3 Å². The molecule has 4 heteroatoms. The van der Waals surface area contributed by atoms with E-state index in [1.54, 1.807) is 12.1 Å². The number of hydrogen-bond acceptors (Lipinski definition) is 2. The molecule has 0 saturated heterocycles. The van der Waals surface area contributed by atoms with E-state index in [1.807, 2.05) is 54.9 Å². The highest BCUT2D eigenvalue weighted by atomic mass is 16.1. The van der Waals surface area contributed by atoms with Crippen LogP contribution in [-0.4, -0.2) is 9.78 Å². The molecule has 0 unspecified atom stereocenters. The number of H-pyrrole nitrogens is 1. The Morgan fingerprint density at radius 3 is 2.32 bits per heavy atom. The minimum Gasteiger partial charge on any atom is -0.268 e. The van der Waals surface area contributed by atoms with Crippen LogP contribution in [0.15, 0.2) is 53.3 Å². The van der Waals surface area contributed by atoms with E-state index in [9.17, 15) is 4.79 Å². The molecule has 0 spiro atoms. The molecule has 1 heterocycles. The second-order valence-electron chi connectivity index (χ2n) is 5.19. The molecular formula is C18H15N3O. The fourth-order valence-corrected chi connectivity index (χ4v) is 2.48. The highest BCUT2D eigenvalue weighted by Gasteiger charge is 2.12. The van der Waals surface area contributed by atoms with Gasteiger partial charge in [0.25, 0.3) is 5.56 Å². The second kappa shape index (κ2) is 5.38. The summed E-state index contributed by atoms with van der Waals surface area (Å²) in [5.41, 5.74) is 5.08. The van der Waals surface area contributed by atoms with Crippen molar-refractivity contribution in [2.75, 3.05) is 0 Å². The molecule has 0 saturated carbocycles. The Hall–Kier alpha value is -3.06. The van der Waals surface area contributed by atoms with Crippen molar-refractivity contribution in [2.45, 2.75) is 13.8 Å². The molecule has 0 radical (unpaired) electrons. The van der Waals surface area contributed by atoms with Gasteiger partial charge < -0.3 is 0 Å². The summed E-state index contributed by atoms with van der Waals surface area (Å²) in [5, 5.41) is 11.8. The molecule has 1 aromatic heterocycles. The van der Waals surface area contributed by atoms with Gasteiger partial charge in [0, 0.05) is 16.8 Å². The summed E-state index contributed by atoms with van der Waals surface area (Å²) < 4.78 is 1.81. The number of aromatic amines is 1. The average Bonchev–Trinajstić information content (AvgIpc) is 2.82. The molecule has 1 N–H and O–H groups in total. The number of aromatic nitrogens is 2. The van der Waals surface area contributed by atoms with Crippen LogP contribution in [0.5, 0.6) is 0 Å². The first-order chi connectivity index (χ1) is 10.6. The van der Waals surface area contributed by atoms with Crippen molar-refractivity contribution in [1.82, 2.24) is 9.78 Å². The van der Waals surface area contributed by atoms with Gasteiger partial charge in [-0.2, -0.15) is 5.26 Å². The molecule has 2 aromatic carbocycles. The standard InChI is InChI=1S/C18H15N3O/c1-12-13(2)21(20-18(12)22)17-6-4-3-5-16(17)15-9-7-14(11-19)8-10-15/h3-10H,1-2H3,(H,20,22). The Kier molecular flexibility index (Phi) is 3.40. The van der Waals surface area contributed by atoms with Gasteiger partial charge in [-0.05, 0) is 37.6 Å². The minimum atomic E-state index is -0.0767. The first kappa shape index (κ1) is 13.9. The summed E-state index contributed by atoms with van der Waals surface area (Å²) in [7, 11) is 0. The van der Waals surface area contributed by atoms with Gasteiger partial charge in [-0.15, -0.1) is 0 Å². The van der Waals surface area contributed by atoms with Crippen LogP contribution in [0.4, 0.5) is 0 Å². The zero-order valence-corrected chi connectivity index (χ0v) is 12.4. The van der Waals surface area contributed by atoms with E-state index in [4.69, 9.17) is 5.26 Å². The zero-order valence-electron chi connectivity index (χ0n) is 12.4. The molecule has 0 bridgehead atoms. The third-order valence-electron chi connectivity index (χ3n) is 3.90. The second-order valence-corrected chi connectivity index (χ2v) is 5.19. The molecule has 0 aliphatic carbocycles. The lowest BCUT2D eigenvalue weighted by atomic mass is 10.0. The van der Waals surface area contributed by atoms with E-state index in [0.717, 1.165) is 28.1 Å². The third kappa shape index (κ3) is 2.23. The molecule has 0 aliphatic rings. The normalized spacial score (nSPS) is 10.4. The summed E-state index contributed by atoms with van der Waals surface area (Å²) >= 11 is 0. The largest absolute Gasteiger partial charge is 0.268 e. The van der Waals surface area contributed by atoms with Crippen molar-refractivity contribution in [3.63, 3.8) is 0 Å². The Morgan fingerprint density at radius 1 is 1.05 bits per heavy atom. The van der Waals surface area contributed by atoms with Gasteiger partial charge >= 0.3 is 0 Å². The number of nitrogens with one attached hydrogen (secondary N) is 1. The molecule has 22 heavy (non-hydrogen) atoms. The molecule has 3 aromatic rings. The average molecular weight is 289 g/mol. The smallest absolute Gasteiger partial charge is 0.267 e. The summed E-state index contributed by atoms with van der Waals surface area (Å²) in [6, 6.07) is 17.4. The molecule has 0 amide bonds. The highest BCUT2D eigenvalue weighted by molar-refractivity contribution is 5.73. The maximum absolute atomic E-state index is 11.9. The fourth-order valence-electron chi connectivity index (χ4n) is 2.48. The lowest BCUT2D eigenvalue weighted by molar-refractivity contribution is 0.835. The number of benzene rings is 2. The predicted molar refractivity (Wildman–Crippen MR) is 86.0 cm³/mol. The molecule has 108 valence electrons. The van der Waals surface area contributed by atoms with Gasteiger partial charge in [-0.3, -0.25) is 14.6 Å². The van der Waals surface area contributed by atoms with Gasteiger partial charge in [0.1, 0.15) is 0 Å². The number of para-hydroxylation sites is 1. The molecule has 0 fully saturated rings. The Balaban J connectivity index is 2.20. The van der Waals surface area contributed by atoms with Crippen molar-refractivity contribution < 1.29 is 0 Å². The van der Waals surface area contributed by atoms with E-state index < -0.39 is 0 Å². The van der Waals surface area contributed by atoms with E-state index in [2.05, 4.69) is 11.2 Å². The Labute approximate surface area is 128 Å². The summed E-state index contributed by atoms with van der Waals surface area (Å²) in [6.45, 7) is 3.73. The van der Waals surface area contributed by atoms with Gasteiger partial charge in [0.15, 0.2) is 0 Å². The predicted octanol–water partition coefficient (Wildman–Crippen LogP) is 3.32. The molecular weight excluding hydrogens is 274 g/mol. The zero-order chi connectivity index (χ0) is 15.7. The topological polar surface area (TPSA) is 61.6 Å². The monoisotopic (exact) mass is 289 g/mol. The first-order valence-electron chi connectivity index (χ1n) is 7.00. The number of nitriles is 1. The lowest BCUT2D eigenvalue weighted by Gasteiger charge is -2.12. The van der Waals surface area contributed by atoms with Gasteiger partial charge in [-0.1, -0.05) is 30.3 Å². The number of hydrogen-bond donors (Lipinski definition) is 1. The minimum absolute atomic E-state index is 0.0767. The first-order valence-corrected chi connectivity index (χ1v) is 7.00. The third-order valence-corrected chi connectivity index (χ3v) is 3.90. The lowest BCUT2D eigenvalue weighted by Crippen LogP contribution is -2.06. The molecule has 0 aliphatic heterocycles. The van der Waals surface area contributed by atoms with Crippen molar-refractivity contribution in [3.8, 4) is 22.9 Å². The van der Waals surface area contributed by atoms with Gasteiger partial charge in [-0.25, -0.2) is 0 Å². The summed E-state index contributed by atoms with van der Waals surface area (Å²) in [6.07, 6.45) is 0. The van der Waals surface area contributed by atoms with Crippen LogP contribution >= 0.6 is 0 Å². The van der Waals surface area contributed by atoms with E-state index in [0.29, 0.717) is 5.56 Å².